The predicted octanol–water partition coefficient (Wildman–Crippen LogP) is 3.53. The fourth-order valence-corrected chi connectivity index (χ4v) is 3.68. The van der Waals surface area contributed by atoms with E-state index in [0.717, 1.165) is 21.7 Å². The SMILES string of the molecule is Cc1ccc(C)c(N(CC(=O)N/N=C\c2ccc(Cl)cc2Cl)S(C)(=O)=O)c1. The van der Waals surface area contributed by atoms with Gasteiger partial charge >= 0.3 is 0 Å². The summed E-state index contributed by atoms with van der Waals surface area (Å²) in [5, 5.41) is 4.69. The van der Waals surface area contributed by atoms with Crippen LogP contribution in [0.3, 0.4) is 0 Å². The highest BCUT2D eigenvalue weighted by Gasteiger charge is 2.22. The summed E-state index contributed by atoms with van der Waals surface area (Å²) >= 11 is 11.8. The maximum absolute atomic E-state index is 12.2. The number of nitrogens with one attached hydrogen (secondary N) is 1. The van der Waals surface area contributed by atoms with Gasteiger partial charge in [0.25, 0.3) is 5.91 Å². The van der Waals surface area contributed by atoms with Gasteiger partial charge in [0.2, 0.25) is 10.0 Å². The van der Waals surface area contributed by atoms with E-state index in [9.17, 15) is 13.2 Å². The number of hydrogen-bond acceptors (Lipinski definition) is 4. The molecule has 1 amide bonds. The molecule has 0 unspecified atom stereocenters. The van der Waals surface area contributed by atoms with Crippen LogP contribution in [0.15, 0.2) is 41.5 Å². The zero-order valence-electron chi connectivity index (χ0n) is 15.0. The number of hydrazone groups is 1. The van der Waals surface area contributed by atoms with E-state index >= 15 is 0 Å². The Morgan fingerprint density at radius 1 is 1.19 bits per heavy atom. The molecule has 0 radical (unpaired) electrons. The number of sulfonamides is 1. The van der Waals surface area contributed by atoms with Crippen molar-refractivity contribution in [1.29, 1.82) is 0 Å². The molecule has 2 aromatic rings. The fourth-order valence-electron chi connectivity index (χ4n) is 2.31. The molecule has 0 spiro atoms. The zero-order valence-corrected chi connectivity index (χ0v) is 17.4. The van der Waals surface area contributed by atoms with Crippen molar-refractivity contribution in [3.05, 3.63) is 63.1 Å². The van der Waals surface area contributed by atoms with Gasteiger partial charge in [0.05, 0.1) is 23.2 Å². The highest BCUT2D eigenvalue weighted by Crippen LogP contribution is 2.23. The monoisotopic (exact) mass is 427 g/mol. The molecule has 0 aliphatic heterocycles. The second-order valence-corrected chi connectivity index (χ2v) is 8.77. The number of carbonyl (C=O) groups excluding carboxylic acids is 1. The number of anilines is 1. The van der Waals surface area contributed by atoms with Gasteiger partial charge in [-0.25, -0.2) is 13.8 Å². The molecule has 0 aliphatic carbocycles. The van der Waals surface area contributed by atoms with Crippen molar-refractivity contribution in [2.75, 3.05) is 17.1 Å². The minimum absolute atomic E-state index is 0.383. The maximum Gasteiger partial charge on any atom is 0.260 e. The summed E-state index contributed by atoms with van der Waals surface area (Å²) in [6.07, 6.45) is 2.41. The topological polar surface area (TPSA) is 78.8 Å². The second kappa shape index (κ2) is 8.73. The van der Waals surface area contributed by atoms with Crippen LogP contribution < -0.4 is 9.73 Å². The average Bonchev–Trinajstić information content (AvgIpc) is 2.56. The Labute approximate surface area is 168 Å². The molecule has 0 saturated carbocycles. The summed E-state index contributed by atoms with van der Waals surface area (Å²) in [4.78, 5) is 12.2. The molecule has 0 heterocycles. The number of amides is 1. The van der Waals surface area contributed by atoms with Crippen LogP contribution in [0.25, 0.3) is 0 Å². The molecule has 2 rings (SSSR count). The van der Waals surface area contributed by atoms with E-state index in [-0.39, 0.29) is 0 Å². The summed E-state index contributed by atoms with van der Waals surface area (Å²) < 4.78 is 25.4. The summed E-state index contributed by atoms with van der Waals surface area (Å²) in [5.74, 6) is -0.581. The number of hydrogen-bond donors (Lipinski definition) is 1. The molecule has 0 fully saturated rings. The van der Waals surface area contributed by atoms with Crippen molar-refractivity contribution in [3.8, 4) is 0 Å². The van der Waals surface area contributed by atoms with E-state index in [0.29, 0.717) is 21.3 Å². The number of nitrogens with zero attached hydrogens (tertiary/aromatic N) is 2. The maximum atomic E-state index is 12.2. The van der Waals surface area contributed by atoms with Gasteiger partial charge in [-0.15, -0.1) is 0 Å². The van der Waals surface area contributed by atoms with Gasteiger partial charge in [-0.3, -0.25) is 9.10 Å². The Kier molecular flexibility index (Phi) is 6.86. The van der Waals surface area contributed by atoms with Gasteiger partial charge in [-0.05, 0) is 43.2 Å². The Morgan fingerprint density at radius 2 is 1.89 bits per heavy atom. The zero-order chi connectivity index (χ0) is 20.2. The van der Waals surface area contributed by atoms with Gasteiger partial charge in [-0.1, -0.05) is 41.4 Å². The standard InChI is InChI=1S/C18H19Cl2N3O3S/c1-12-4-5-13(2)17(8-12)23(27(3,25)26)11-18(24)22-21-10-14-6-7-15(19)9-16(14)20/h4-10H,11H2,1-3H3,(H,22,24)/b21-10-. The molecule has 0 atom stereocenters. The van der Waals surface area contributed by atoms with Crippen LogP contribution in [-0.2, 0) is 14.8 Å². The lowest BCUT2D eigenvalue weighted by Crippen LogP contribution is -2.39. The molecule has 0 aromatic heterocycles. The largest absolute Gasteiger partial charge is 0.271 e. The molecular weight excluding hydrogens is 409 g/mol. The molecule has 1 N–H and O–H groups in total. The molecule has 0 aliphatic rings. The number of halogens is 2. The van der Waals surface area contributed by atoms with Crippen LogP contribution >= 0.6 is 23.2 Å². The molecule has 9 heteroatoms. The summed E-state index contributed by atoms with van der Waals surface area (Å²) in [6, 6.07) is 10.3. The molecule has 27 heavy (non-hydrogen) atoms. The van der Waals surface area contributed by atoms with Crippen LogP contribution in [0.4, 0.5) is 5.69 Å². The van der Waals surface area contributed by atoms with Crippen molar-refractivity contribution >= 4 is 51.0 Å². The highest BCUT2D eigenvalue weighted by atomic mass is 35.5. The summed E-state index contributed by atoms with van der Waals surface area (Å²) in [6.45, 7) is 3.24. The predicted molar refractivity (Wildman–Crippen MR) is 110 cm³/mol. The molecule has 2 aromatic carbocycles. The summed E-state index contributed by atoms with van der Waals surface area (Å²) in [5.41, 5.74) is 4.97. The number of rotatable bonds is 6. The quantitative estimate of drug-likeness (QED) is 0.565. The number of carbonyl (C=O) groups is 1. The van der Waals surface area contributed by atoms with Crippen molar-refractivity contribution in [3.63, 3.8) is 0 Å². The first-order valence-corrected chi connectivity index (χ1v) is 10.5. The Balaban J connectivity index is 2.15. The van der Waals surface area contributed by atoms with Crippen LogP contribution in [0, 0.1) is 13.8 Å². The lowest BCUT2D eigenvalue weighted by Gasteiger charge is -2.23. The Hall–Kier alpha value is -2.09. The van der Waals surface area contributed by atoms with Crippen molar-refractivity contribution in [1.82, 2.24) is 5.43 Å². The van der Waals surface area contributed by atoms with Gasteiger partial charge in [0, 0.05) is 10.6 Å². The third-order valence-corrected chi connectivity index (χ3v) is 5.37. The van der Waals surface area contributed by atoms with Crippen molar-refractivity contribution in [2.24, 2.45) is 5.10 Å². The van der Waals surface area contributed by atoms with E-state index in [1.165, 1.54) is 6.21 Å². The molecular formula is C18H19Cl2N3O3S. The van der Waals surface area contributed by atoms with Crippen LogP contribution in [0.1, 0.15) is 16.7 Å². The fraction of sp³-hybridized carbons (Fsp3) is 0.222. The van der Waals surface area contributed by atoms with Crippen LogP contribution in [0.2, 0.25) is 10.0 Å². The van der Waals surface area contributed by atoms with Crippen LogP contribution in [-0.4, -0.2) is 33.3 Å². The molecule has 6 nitrogen and oxygen atoms in total. The van der Waals surface area contributed by atoms with Crippen LogP contribution in [0.5, 0.6) is 0 Å². The van der Waals surface area contributed by atoms with Crippen molar-refractivity contribution in [2.45, 2.75) is 13.8 Å². The lowest BCUT2D eigenvalue weighted by molar-refractivity contribution is -0.119. The van der Waals surface area contributed by atoms with E-state index in [2.05, 4.69) is 10.5 Å². The average molecular weight is 428 g/mol. The van der Waals surface area contributed by atoms with Gasteiger partial charge < -0.3 is 0 Å². The first kappa shape index (κ1) is 21.2. The minimum atomic E-state index is -3.66. The number of benzene rings is 2. The van der Waals surface area contributed by atoms with E-state index in [4.69, 9.17) is 23.2 Å². The van der Waals surface area contributed by atoms with Gasteiger partial charge in [0.15, 0.2) is 0 Å². The Bertz CT molecular complexity index is 991. The summed E-state index contributed by atoms with van der Waals surface area (Å²) in [7, 11) is -3.66. The number of aryl methyl sites for hydroxylation is 2. The van der Waals surface area contributed by atoms with Crippen molar-refractivity contribution < 1.29 is 13.2 Å². The van der Waals surface area contributed by atoms with Gasteiger partial charge in [-0.2, -0.15) is 5.10 Å². The Morgan fingerprint density at radius 3 is 2.52 bits per heavy atom. The van der Waals surface area contributed by atoms with E-state index in [1.807, 2.05) is 13.0 Å². The molecule has 144 valence electrons. The molecule has 0 saturated heterocycles. The first-order chi connectivity index (χ1) is 12.6. The second-order valence-electron chi connectivity index (χ2n) is 6.02. The smallest absolute Gasteiger partial charge is 0.260 e. The van der Waals surface area contributed by atoms with E-state index < -0.39 is 22.5 Å². The normalized spacial score (nSPS) is 11.6. The minimum Gasteiger partial charge on any atom is -0.271 e. The highest BCUT2D eigenvalue weighted by molar-refractivity contribution is 7.92. The van der Waals surface area contributed by atoms with Gasteiger partial charge in [0.1, 0.15) is 6.54 Å². The first-order valence-electron chi connectivity index (χ1n) is 7.90. The third-order valence-electron chi connectivity index (χ3n) is 3.68. The van der Waals surface area contributed by atoms with E-state index in [1.54, 1.807) is 37.3 Å². The third kappa shape index (κ3) is 5.95. The lowest BCUT2D eigenvalue weighted by atomic mass is 10.1. The molecule has 0 bridgehead atoms.